The Hall–Kier alpha value is -0.610. The first-order valence-corrected chi connectivity index (χ1v) is 6.00. The van der Waals surface area contributed by atoms with E-state index in [0.29, 0.717) is 6.04 Å². The maximum Gasteiger partial charge on any atom is 0.251 e. The molecule has 0 aromatic heterocycles. The summed E-state index contributed by atoms with van der Waals surface area (Å²) >= 11 is 0. The molecule has 88 valence electrons. The topological polar surface area (TPSA) is 58.4 Å². The van der Waals surface area contributed by atoms with Crippen LogP contribution in [0.3, 0.4) is 0 Å². The van der Waals surface area contributed by atoms with Crippen molar-refractivity contribution in [2.24, 2.45) is 5.84 Å². The summed E-state index contributed by atoms with van der Waals surface area (Å²) in [5, 5.41) is 0. The van der Waals surface area contributed by atoms with E-state index in [9.17, 15) is 4.79 Å². The number of nitrogens with zero attached hydrogens (tertiary/aromatic N) is 1. The fraction of sp³-hybridized carbons (Fsp3) is 0.909. The van der Waals surface area contributed by atoms with E-state index in [1.54, 1.807) is 0 Å². The van der Waals surface area contributed by atoms with Gasteiger partial charge in [-0.25, -0.2) is 5.84 Å². The maximum absolute atomic E-state index is 11.6. The average Bonchev–Trinajstić information content (AvgIpc) is 2.77. The molecule has 4 heteroatoms. The summed E-state index contributed by atoms with van der Waals surface area (Å²) in [6.45, 7) is 5.08. The Morgan fingerprint density at radius 2 is 2.07 bits per heavy atom. The average molecular weight is 213 g/mol. The van der Waals surface area contributed by atoms with Crippen molar-refractivity contribution in [1.82, 2.24) is 10.3 Å². The van der Waals surface area contributed by atoms with Crippen LogP contribution in [0.15, 0.2) is 0 Å². The summed E-state index contributed by atoms with van der Waals surface area (Å²) in [6.07, 6.45) is 5.86. The SMILES string of the molecule is CCC(C(=O)NN)N(CC)C1CCCC1. The highest BCUT2D eigenvalue weighted by Gasteiger charge is 2.30. The molecule has 0 spiro atoms. The first-order chi connectivity index (χ1) is 7.24. The monoisotopic (exact) mass is 213 g/mol. The highest BCUT2D eigenvalue weighted by atomic mass is 16.2. The molecule has 15 heavy (non-hydrogen) atoms. The van der Waals surface area contributed by atoms with Crippen LogP contribution in [-0.4, -0.2) is 29.4 Å². The second-order valence-corrected chi connectivity index (χ2v) is 4.20. The molecular formula is C11H23N3O. The molecule has 0 bridgehead atoms. The summed E-state index contributed by atoms with van der Waals surface area (Å²) in [5.74, 6) is 5.16. The molecule has 1 fully saturated rings. The van der Waals surface area contributed by atoms with Gasteiger partial charge in [0.15, 0.2) is 0 Å². The van der Waals surface area contributed by atoms with Crippen LogP contribution in [0.25, 0.3) is 0 Å². The van der Waals surface area contributed by atoms with Crippen molar-refractivity contribution in [3.8, 4) is 0 Å². The summed E-state index contributed by atoms with van der Waals surface area (Å²) in [4.78, 5) is 13.9. The van der Waals surface area contributed by atoms with Crippen LogP contribution in [0, 0.1) is 0 Å². The number of hydrogen-bond donors (Lipinski definition) is 2. The molecule has 1 unspecified atom stereocenters. The van der Waals surface area contributed by atoms with Gasteiger partial charge in [0.2, 0.25) is 0 Å². The van der Waals surface area contributed by atoms with Gasteiger partial charge >= 0.3 is 0 Å². The lowest BCUT2D eigenvalue weighted by atomic mass is 10.1. The quantitative estimate of drug-likeness (QED) is 0.407. The van der Waals surface area contributed by atoms with Gasteiger partial charge in [0.05, 0.1) is 6.04 Å². The number of rotatable bonds is 5. The number of carbonyl (C=O) groups excluding carboxylic acids is 1. The van der Waals surface area contributed by atoms with Crippen LogP contribution in [0.2, 0.25) is 0 Å². The van der Waals surface area contributed by atoms with Gasteiger partial charge in [-0.15, -0.1) is 0 Å². The third kappa shape index (κ3) is 2.92. The van der Waals surface area contributed by atoms with E-state index in [0.717, 1.165) is 13.0 Å². The van der Waals surface area contributed by atoms with E-state index in [1.165, 1.54) is 25.7 Å². The molecule has 1 amide bonds. The van der Waals surface area contributed by atoms with Crippen molar-refractivity contribution in [2.45, 2.75) is 58.0 Å². The number of likely N-dealkylation sites (N-methyl/N-ethyl adjacent to an activating group) is 1. The smallest absolute Gasteiger partial charge is 0.251 e. The summed E-state index contributed by atoms with van der Waals surface area (Å²) < 4.78 is 0. The van der Waals surface area contributed by atoms with E-state index in [2.05, 4.69) is 17.2 Å². The minimum Gasteiger partial charge on any atom is -0.293 e. The Kier molecular flexibility index (Phi) is 5.05. The highest BCUT2D eigenvalue weighted by Crippen LogP contribution is 2.25. The summed E-state index contributed by atoms with van der Waals surface area (Å²) in [6, 6.07) is 0.528. The Morgan fingerprint density at radius 3 is 2.47 bits per heavy atom. The molecule has 0 heterocycles. The molecule has 0 radical (unpaired) electrons. The van der Waals surface area contributed by atoms with Crippen LogP contribution < -0.4 is 11.3 Å². The molecule has 3 N–H and O–H groups in total. The van der Waals surface area contributed by atoms with Crippen LogP contribution >= 0.6 is 0 Å². The minimum atomic E-state index is -0.0527. The summed E-state index contributed by atoms with van der Waals surface area (Å²) in [7, 11) is 0. The molecule has 0 aromatic rings. The van der Waals surface area contributed by atoms with Gasteiger partial charge < -0.3 is 0 Å². The molecule has 1 aliphatic rings. The molecule has 1 saturated carbocycles. The Labute approximate surface area is 92.2 Å². The van der Waals surface area contributed by atoms with Crippen LogP contribution in [0.1, 0.15) is 46.0 Å². The van der Waals surface area contributed by atoms with Crippen molar-refractivity contribution in [1.29, 1.82) is 0 Å². The van der Waals surface area contributed by atoms with Crippen molar-refractivity contribution in [2.75, 3.05) is 6.54 Å². The van der Waals surface area contributed by atoms with Crippen molar-refractivity contribution in [3.63, 3.8) is 0 Å². The number of hydrazine groups is 1. The van der Waals surface area contributed by atoms with Gasteiger partial charge in [0, 0.05) is 6.04 Å². The largest absolute Gasteiger partial charge is 0.293 e. The van der Waals surface area contributed by atoms with E-state index in [1.807, 2.05) is 6.92 Å². The zero-order valence-electron chi connectivity index (χ0n) is 9.83. The number of nitrogens with one attached hydrogen (secondary N) is 1. The fourth-order valence-corrected chi connectivity index (χ4v) is 2.64. The number of hydrogen-bond acceptors (Lipinski definition) is 3. The Balaban J connectivity index is 2.64. The van der Waals surface area contributed by atoms with Gasteiger partial charge in [0.25, 0.3) is 5.91 Å². The van der Waals surface area contributed by atoms with Gasteiger partial charge in [0.1, 0.15) is 0 Å². The lowest BCUT2D eigenvalue weighted by molar-refractivity contribution is -0.127. The third-order valence-electron chi connectivity index (χ3n) is 3.39. The first-order valence-electron chi connectivity index (χ1n) is 6.00. The van der Waals surface area contributed by atoms with Gasteiger partial charge in [-0.2, -0.15) is 0 Å². The zero-order valence-corrected chi connectivity index (χ0v) is 9.83. The van der Waals surface area contributed by atoms with Crippen LogP contribution in [0.5, 0.6) is 0 Å². The molecule has 4 nitrogen and oxygen atoms in total. The molecule has 1 atom stereocenters. The van der Waals surface area contributed by atoms with E-state index < -0.39 is 0 Å². The maximum atomic E-state index is 11.6. The molecule has 0 aromatic carbocycles. The predicted octanol–water partition coefficient (Wildman–Crippen LogP) is 1.02. The minimum absolute atomic E-state index is 0.0498. The molecule has 0 aliphatic heterocycles. The zero-order chi connectivity index (χ0) is 11.3. The van der Waals surface area contributed by atoms with Gasteiger partial charge in [-0.3, -0.25) is 15.1 Å². The lowest BCUT2D eigenvalue weighted by Crippen LogP contribution is -2.51. The number of amides is 1. The van der Waals surface area contributed by atoms with Gasteiger partial charge in [-0.1, -0.05) is 26.7 Å². The molecule has 0 saturated heterocycles. The van der Waals surface area contributed by atoms with Gasteiger partial charge in [-0.05, 0) is 25.8 Å². The second-order valence-electron chi connectivity index (χ2n) is 4.20. The normalized spacial score (nSPS) is 19.5. The van der Waals surface area contributed by atoms with E-state index >= 15 is 0 Å². The first kappa shape index (κ1) is 12.5. The van der Waals surface area contributed by atoms with E-state index in [4.69, 9.17) is 5.84 Å². The molecule has 1 aliphatic carbocycles. The predicted molar refractivity (Wildman–Crippen MR) is 61.0 cm³/mol. The fourth-order valence-electron chi connectivity index (χ4n) is 2.64. The Morgan fingerprint density at radius 1 is 1.47 bits per heavy atom. The van der Waals surface area contributed by atoms with Crippen molar-refractivity contribution in [3.05, 3.63) is 0 Å². The van der Waals surface area contributed by atoms with Crippen molar-refractivity contribution >= 4 is 5.91 Å². The molecular weight excluding hydrogens is 190 g/mol. The lowest BCUT2D eigenvalue weighted by Gasteiger charge is -2.33. The number of nitrogens with two attached hydrogens (primary N) is 1. The van der Waals surface area contributed by atoms with Crippen LogP contribution in [-0.2, 0) is 4.79 Å². The standard InChI is InChI=1S/C11H23N3O/c1-3-10(11(15)13-12)14(4-2)9-7-5-6-8-9/h9-10H,3-8,12H2,1-2H3,(H,13,15). The molecule has 1 rings (SSSR count). The third-order valence-corrected chi connectivity index (χ3v) is 3.39. The van der Waals surface area contributed by atoms with Crippen LogP contribution in [0.4, 0.5) is 0 Å². The van der Waals surface area contributed by atoms with Crippen molar-refractivity contribution < 1.29 is 4.79 Å². The highest BCUT2D eigenvalue weighted by molar-refractivity contribution is 5.81. The second kappa shape index (κ2) is 6.08. The Bertz CT molecular complexity index is 202. The number of carbonyl (C=O) groups is 1. The summed E-state index contributed by atoms with van der Waals surface area (Å²) in [5.41, 5.74) is 2.27. The van der Waals surface area contributed by atoms with E-state index in [-0.39, 0.29) is 11.9 Å².